The van der Waals surface area contributed by atoms with Crippen LogP contribution in [0.5, 0.6) is 0 Å². The second-order valence-corrected chi connectivity index (χ2v) is 17.0. The summed E-state index contributed by atoms with van der Waals surface area (Å²) in [5, 5.41) is 27.5. The molecule has 53 heavy (non-hydrogen) atoms. The van der Waals surface area contributed by atoms with Gasteiger partial charge in [0.25, 0.3) is 0 Å². The molecule has 4 N–H and O–H groups in total. The molecule has 16 nitrogen and oxygen atoms in total. The van der Waals surface area contributed by atoms with Crippen LogP contribution in [0.1, 0.15) is 87.5 Å². The Hall–Kier alpha value is -0.640. The molecule has 6 aliphatic rings. The van der Waals surface area contributed by atoms with Crippen molar-refractivity contribution in [1.29, 1.82) is 0 Å². The maximum atomic E-state index is 10.4. The second-order valence-electron chi connectivity index (χ2n) is 17.0. The molecule has 0 aromatic carbocycles. The van der Waals surface area contributed by atoms with Crippen LogP contribution in [0.2, 0.25) is 0 Å². The van der Waals surface area contributed by atoms with Crippen LogP contribution in [-0.2, 0) is 56.8 Å². The van der Waals surface area contributed by atoms with Gasteiger partial charge >= 0.3 is 0 Å². The van der Waals surface area contributed by atoms with Gasteiger partial charge in [-0.25, -0.2) is 0 Å². The van der Waals surface area contributed by atoms with Crippen molar-refractivity contribution in [1.82, 2.24) is 10.6 Å². The third-order valence-corrected chi connectivity index (χ3v) is 10.2. The van der Waals surface area contributed by atoms with E-state index >= 15 is 0 Å². The van der Waals surface area contributed by atoms with Gasteiger partial charge in [0.2, 0.25) is 0 Å². The highest BCUT2D eigenvalue weighted by molar-refractivity contribution is 5.01. The zero-order valence-corrected chi connectivity index (χ0v) is 32.9. The molecule has 6 fully saturated rings. The minimum Gasteiger partial charge on any atom is -0.389 e. The molecule has 4 unspecified atom stereocenters. The quantitative estimate of drug-likeness (QED) is 0.132. The number of fused-ring (bicyclic) bond motifs is 6. The summed E-state index contributed by atoms with van der Waals surface area (Å²) in [5.74, 6) is -3.06. The zero-order chi connectivity index (χ0) is 38.0. The molecule has 0 bridgehead atoms. The molecule has 16 heteroatoms. The van der Waals surface area contributed by atoms with Crippen LogP contribution in [0.4, 0.5) is 0 Å². The lowest BCUT2D eigenvalue weighted by molar-refractivity contribution is -0.244. The molecule has 6 aliphatic heterocycles. The van der Waals surface area contributed by atoms with Crippen molar-refractivity contribution in [3.8, 4) is 0 Å². The predicted octanol–water partition coefficient (Wildman–Crippen LogP) is 1.66. The molecule has 0 spiro atoms. The average Bonchev–Trinajstić information content (AvgIpc) is 3.76. The summed E-state index contributed by atoms with van der Waals surface area (Å²) in [6.07, 6.45) is 0.105. The molecule has 0 aromatic rings. The van der Waals surface area contributed by atoms with Gasteiger partial charge < -0.3 is 77.7 Å². The first-order chi connectivity index (χ1) is 25.0. The van der Waals surface area contributed by atoms with Crippen molar-refractivity contribution < 1.29 is 67.1 Å². The van der Waals surface area contributed by atoms with E-state index < -0.39 is 60.1 Å². The van der Waals surface area contributed by atoms with Crippen molar-refractivity contribution >= 4 is 0 Å². The van der Waals surface area contributed by atoms with Gasteiger partial charge in [0.15, 0.2) is 35.7 Å². The van der Waals surface area contributed by atoms with Crippen molar-refractivity contribution in [3.05, 3.63) is 0 Å². The number of rotatable bonds is 20. The minimum absolute atomic E-state index is 0.183. The van der Waals surface area contributed by atoms with Crippen LogP contribution < -0.4 is 10.6 Å². The fraction of sp³-hybridized carbons (Fsp3) is 1.00. The Morgan fingerprint density at radius 1 is 0.472 bits per heavy atom. The van der Waals surface area contributed by atoms with E-state index in [0.717, 1.165) is 45.2 Å². The predicted molar refractivity (Wildman–Crippen MR) is 188 cm³/mol. The van der Waals surface area contributed by atoms with Crippen molar-refractivity contribution in [3.63, 3.8) is 0 Å². The normalized spacial score (nSPS) is 38.6. The van der Waals surface area contributed by atoms with E-state index in [0.29, 0.717) is 13.1 Å². The molecule has 12 atom stereocenters. The summed E-state index contributed by atoms with van der Waals surface area (Å²) in [5.41, 5.74) is 0. The standard InChI is InChI=1S/C37H66N2O14/c1-34(2)46-26-24(44-32-30(28(26)48-34)50-36(5,6)52-32)20-42-18-22(40)16-38-14-12-10-9-11-13-15-39-17-23(41)19-43-21-25-27-29(49-35(3,4)47-27)31-33(45-25)53-37(7,8)51-31/h22-33,38-41H,9-21H2,1-8H3/t22?,23?,24?,25?,26-,27+,28-,29+,30+,31-,32+,33-. The van der Waals surface area contributed by atoms with Crippen LogP contribution >= 0.6 is 0 Å². The van der Waals surface area contributed by atoms with Crippen LogP contribution in [-0.4, -0.2) is 160 Å². The van der Waals surface area contributed by atoms with E-state index in [1.54, 1.807) is 0 Å². The smallest absolute Gasteiger partial charge is 0.190 e. The number of hydrogen-bond donors (Lipinski definition) is 4. The third-order valence-electron chi connectivity index (χ3n) is 10.2. The first-order valence-corrected chi connectivity index (χ1v) is 19.7. The lowest BCUT2D eigenvalue weighted by atomic mass is 9.99. The van der Waals surface area contributed by atoms with E-state index in [2.05, 4.69) is 10.6 Å². The summed E-state index contributed by atoms with van der Waals surface area (Å²) in [6, 6.07) is 0. The molecule has 0 radical (unpaired) electrons. The average molecular weight is 763 g/mol. The third kappa shape index (κ3) is 11.3. The SMILES string of the molecule is CC1(C)O[C@@H]2OC(COCC(O)CNCCCCCCCNCC(O)COCC3O[C@@H]4OC(C)(C)O[C@@H]4[C@H]4OC(C)(C)O[C@@H]34)[C@H]3OC(C)(C)O[C@H]3[C@@H]2O1. The molecule has 0 aliphatic carbocycles. The van der Waals surface area contributed by atoms with Crippen LogP contribution in [0.15, 0.2) is 0 Å². The van der Waals surface area contributed by atoms with E-state index in [-0.39, 0.29) is 63.1 Å². The number of aliphatic hydroxyl groups is 2. The minimum atomic E-state index is -0.769. The van der Waals surface area contributed by atoms with Gasteiger partial charge in [0, 0.05) is 13.1 Å². The van der Waals surface area contributed by atoms with Gasteiger partial charge in [-0.2, -0.15) is 0 Å². The Balaban J connectivity index is 0.745. The maximum Gasteiger partial charge on any atom is 0.190 e. The van der Waals surface area contributed by atoms with Gasteiger partial charge in [0.1, 0.15) is 48.8 Å². The summed E-state index contributed by atoms with van der Waals surface area (Å²) in [4.78, 5) is 0. The van der Waals surface area contributed by atoms with Gasteiger partial charge in [-0.1, -0.05) is 19.3 Å². The molecule has 0 saturated carbocycles. The number of nitrogens with one attached hydrogen (secondary N) is 2. The first-order valence-electron chi connectivity index (χ1n) is 19.7. The van der Waals surface area contributed by atoms with Crippen molar-refractivity contribution in [2.45, 2.75) is 184 Å². The first kappa shape index (κ1) is 42.0. The topological polar surface area (TPSA) is 175 Å². The zero-order valence-electron chi connectivity index (χ0n) is 32.9. The molecule has 6 rings (SSSR count). The Morgan fingerprint density at radius 2 is 0.811 bits per heavy atom. The maximum absolute atomic E-state index is 10.4. The van der Waals surface area contributed by atoms with E-state index in [1.807, 2.05) is 55.4 Å². The van der Waals surface area contributed by atoms with Crippen LogP contribution in [0, 0.1) is 0 Å². The fourth-order valence-corrected chi connectivity index (χ4v) is 7.98. The fourth-order valence-electron chi connectivity index (χ4n) is 7.98. The summed E-state index contributed by atoms with van der Waals surface area (Å²) in [7, 11) is 0. The number of aliphatic hydroxyl groups excluding tert-OH is 2. The highest BCUT2D eigenvalue weighted by atomic mass is 16.9. The lowest BCUT2D eigenvalue weighted by Crippen LogP contribution is -2.56. The molecule has 6 saturated heterocycles. The van der Waals surface area contributed by atoms with Crippen LogP contribution in [0.25, 0.3) is 0 Å². The molecule has 0 aromatic heterocycles. The highest BCUT2D eigenvalue weighted by Gasteiger charge is 2.62. The van der Waals surface area contributed by atoms with Crippen molar-refractivity contribution in [2.75, 3.05) is 52.6 Å². The Labute approximate surface area is 314 Å². The second kappa shape index (κ2) is 17.5. The molecule has 0 amide bonds. The van der Waals surface area contributed by atoms with E-state index in [1.165, 1.54) is 0 Å². The molecular formula is C37H66N2O14. The molecule has 308 valence electrons. The van der Waals surface area contributed by atoms with Crippen molar-refractivity contribution in [2.24, 2.45) is 0 Å². The number of ether oxygens (including phenoxy) is 12. The van der Waals surface area contributed by atoms with E-state index in [4.69, 9.17) is 56.8 Å². The van der Waals surface area contributed by atoms with Gasteiger partial charge in [0.05, 0.1) is 38.6 Å². The summed E-state index contributed by atoms with van der Waals surface area (Å²) in [6.45, 7) is 18.4. The Morgan fingerprint density at radius 3 is 1.23 bits per heavy atom. The largest absolute Gasteiger partial charge is 0.389 e. The number of unbranched alkanes of at least 4 members (excludes halogenated alkanes) is 4. The Kier molecular flexibility index (Phi) is 13.8. The van der Waals surface area contributed by atoms with Crippen LogP contribution in [0.3, 0.4) is 0 Å². The van der Waals surface area contributed by atoms with E-state index in [9.17, 15) is 10.2 Å². The monoisotopic (exact) mass is 762 g/mol. The van der Waals surface area contributed by atoms with Gasteiger partial charge in [-0.15, -0.1) is 0 Å². The summed E-state index contributed by atoms with van der Waals surface area (Å²) < 4.78 is 72.6. The molecular weight excluding hydrogens is 696 g/mol. The lowest BCUT2D eigenvalue weighted by Gasteiger charge is -2.37. The highest BCUT2D eigenvalue weighted by Crippen LogP contribution is 2.45. The number of hydrogen-bond acceptors (Lipinski definition) is 16. The molecule has 6 heterocycles. The van der Waals surface area contributed by atoms with Gasteiger partial charge in [-0.3, -0.25) is 0 Å². The Bertz CT molecular complexity index is 1070. The summed E-state index contributed by atoms with van der Waals surface area (Å²) >= 11 is 0. The van der Waals surface area contributed by atoms with Gasteiger partial charge in [-0.05, 0) is 81.3 Å².